The van der Waals surface area contributed by atoms with E-state index >= 15 is 0 Å². The smallest absolute Gasteiger partial charge is 0.209 e. The van der Waals surface area contributed by atoms with Gasteiger partial charge in [0.25, 0.3) is 0 Å². The summed E-state index contributed by atoms with van der Waals surface area (Å²) < 4.78 is 21.3. The number of hydrogen-bond donors (Lipinski definition) is 3. The fourth-order valence-corrected chi connectivity index (χ4v) is 2.34. The van der Waals surface area contributed by atoms with Gasteiger partial charge < -0.3 is 10.6 Å². The van der Waals surface area contributed by atoms with E-state index in [1.165, 1.54) is 12.8 Å². The first-order valence-corrected chi connectivity index (χ1v) is 7.21. The van der Waals surface area contributed by atoms with Crippen LogP contribution in [0.15, 0.2) is 0 Å². The SMILES string of the molecule is NS(=O)(=O)CCCNCC1CCNCC1. The second-order valence-electron chi connectivity index (χ2n) is 4.12. The Labute approximate surface area is 91.9 Å². The Balaban J connectivity index is 1.96. The average Bonchev–Trinajstić information content (AvgIpc) is 2.17. The van der Waals surface area contributed by atoms with E-state index in [2.05, 4.69) is 10.6 Å². The topological polar surface area (TPSA) is 84.2 Å². The van der Waals surface area contributed by atoms with Gasteiger partial charge in [-0.25, -0.2) is 13.6 Å². The van der Waals surface area contributed by atoms with Crippen molar-refractivity contribution in [3.05, 3.63) is 0 Å². The summed E-state index contributed by atoms with van der Waals surface area (Å²) >= 11 is 0. The number of nitrogens with two attached hydrogens (primary N) is 1. The maximum absolute atomic E-state index is 10.6. The Morgan fingerprint density at radius 3 is 2.60 bits per heavy atom. The molecule has 0 unspecified atom stereocenters. The van der Waals surface area contributed by atoms with Crippen molar-refractivity contribution in [3.8, 4) is 0 Å². The molecule has 1 aliphatic rings. The van der Waals surface area contributed by atoms with Gasteiger partial charge >= 0.3 is 0 Å². The Bertz CT molecular complexity index is 261. The third kappa shape index (κ3) is 6.83. The number of sulfonamides is 1. The maximum Gasteiger partial charge on any atom is 0.209 e. The van der Waals surface area contributed by atoms with Gasteiger partial charge in [-0.2, -0.15) is 0 Å². The molecule has 4 N–H and O–H groups in total. The van der Waals surface area contributed by atoms with Gasteiger partial charge in [-0.3, -0.25) is 0 Å². The highest BCUT2D eigenvalue weighted by Gasteiger charge is 2.11. The van der Waals surface area contributed by atoms with Crippen molar-refractivity contribution >= 4 is 10.0 Å². The summed E-state index contributed by atoms with van der Waals surface area (Å²) in [5.74, 6) is 0.812. The van der Waals surface area contributed by atoms with Crippen LogP contribution in [-0.4, -0.2) is 40.3 Å². The van der Waals surface area contributed by atoms with Gasteiger partial charge in [-0.1, -0.05) is 0 Å². The van der Waals surface area contributed by atoms with Crippen LogP contribution in [-0.2, 0) is 10.0 Å². The summed E-state index contributed by atoms with van der Waals surface area (Å²) in [5.41, 5.74) is 0. The van der Waals surface area contributed by atoms with Crippen LogP contribution in [0.3, 0.4) is 0 Å². The molecule has 0 amide bonds. The first-order chi connectivity index (χ1) is 7.08. The van der Waals surface area contributed by atoms with Gasteiger partial charge in [0.15, 0.2) is 0 Å². The molecular formula is C9H21N3O2S. The summed E-state index contributed by atoms with van der Waals surface area (Å²) in [6, 6.07) is 0. The van der Waals surface area contributed by atoms with E-state index in [1.54, 1.807) is 0 Å². The monoisotopic (exact) mass is 235 g/mol. The molecule has 0 spiro atoms. The average molecular weight is 235 g/mol. The lowest BCUT2D eigenvalue weighted by molar-refractivity contribution is 0.357. The fraction of sp³-hybridized carbons (Fsp3) is 1.00. The highest BCUT2D eigenvalue weighted by atomic mass is 32.2. The van der Waals surface area contributed by atoms with Crippen molar-refractivity contribution in [2.45, 2.75) is 19.3 Å². The third-order valence-corrected chi connectivity index (χ3v) is 3.53. The molecule has 1 heterocycles. The molecule has 0 radical (unpaired) electrons. The number of nitrogens with one attached hydrogen (secondary N) is 2. The Kier molecular flexibility index (Phi) is 5.52. The minimum atomic E-state index is -3.28. The molecule has 0 aromatic heterocycles. The first kappa shape index (κ1) is 12.9. The van der Waals surface area contributed by atoms with Gasteiger partial charge in [0, 0.05) is 0 Å². The molecule has 5 nitrogen and oxygen atoms in total. The fourth-order valence-electron chi connectivity index (χ4n) is 1.79. The molecule has 1 aliphatic heterocycles. The number of piperidine rings is 1. The first-order valence-electron chi connectivity index (χ1n) is 5.50. The minimum Gasteiger partial charge on any atom is -0.317 e. The molecule has 15 heavy (non-hydrogen) atoms. The van der Waals surface area contributed by atoms with Gasteiger partial charge in [-0.05, 0) is 51.4 Å². The van der Waals surface area contributed by atoms with Crippen molar-refractivity contribution < 1.29 is 8.42 Å². The summed E-state index contributed by atoms with van der Waals surface area (Å²) in [4.78, 5) is 0. The molecule has 0 aromatic carbocycles. The predicted molar refractivity (Wildman–Crippen MR) is 61.1 cm³/mol. The molecule has 1 rings (SSSR count). The van der Waals surface area contributed by atoms with Crippen LogP contribution in [0.5, 0.6) is 0 Å². The zero-order chi connectivity index (χ0) is 11.1. The predicted octanol–water partition coefficient (Wildman–Crippen LogP) is -0.746. The largest absolute Gasteiger partial charge is 0.317 e. The van der Waals surface area contributed by atoms with Crippen molar-refractivity contribution in [2.75, 3.05) is 31.9 Å². The van der Waals surface area contributed by atoms with Gasteiger partial charge in [0.1, 0.15) is 0 Å². The third-order valence-electron chi connectivity index (χ3n) is 2.67. The number of rotatable bonds is 6. The van der Waals surface area contributed by atoms with Crippen LogP contribution in [0.2, 0.25) is 0 Å². The summed E-state index contributed by atoms with van der Waals surface area (Å²) in [5, 5.41) is 11.5. The molecule has 0 atom stereocenters. The van der Waals surface area contributed by atoms with Crippen LogP contribution >= 0.6 is 0 Å². The zero-order valence-corrected chi connectivity index (χ0v) is 9.85. The van der Waals surface area contributed by atoms with E-state index in [0.717, 1.165) is 32.1 Å². The molecule has 0 aromatic rings. The van der Waals surface area contributed by atoms with Gasteiger partial charge in [0.2, 0.25) is 10.0 Å². The molecule has 0 aliphatic carbocycles. The molecular weight excluding hydrogens is 214 g/mol. The lowest BCUT2D eigenvalue weighted by Crippen LogP contribution is -2.34. The lowest BCUT2D eigenvalue weighted by Gasteiger charge is -2.22. The number of hydrogen-bond acceptors (Lipinski definition) is 4. The molecule has 0 bridgehead atoms. The zero-order valence-electron chi connectivity index (χ0n) is 9.04. The quantitative estimate of drug-likeness (QED) is 0.529. The highest BCUT2D eigenvalue weighted by molar-refractivity contribution is 7.89. The normalized spacial score (nSPS) is 19.3. The van der Waals surface area contributed by atoms with Crippen molar-refractivity contribution in [1.82, 2.24) is 10.6 Å². The van der Waals surface area contributed by atoms with E-state index in [1.807, 2.05) is 0 Å². The van der Waals surface area contributed by atoms with Crippen LogP contribution < -0.4 is 15.8 Å². The Morgan fingerprint density at radius 1 is 1.33 bits per heavy atom. The van der Waals surface area contributed by atoms with Gasteiger partial charge in [0.05, 0.1) is 5.75 Å². The van der Waals surface area contributed by atoms with Crippen molar-refractivity contribution in [3.63, 3.8) is 0 Å². The van der Waals surface area contributed by atoms with Crippen LogP contribution in [0, 0.1) is 5.92 Å². The molecule has 6 heteroatoms. The molecule has 1 saturated heterocycles. The van der Waals surface area contributed by atoms with Crippen LogP contribution in [0.4, 0.5) is 0 Å². The number of primary sulfonamides is 1. The second kappa shape index (κ2) is 6.42. The van der Waals surface area contributed by atoms with E-state index in [0.29, 0.717) is 6.42 Å². The summed E-state index contributed by atoms with van der Waals surface area (Å²) in [6.07, 6.45) is 3.02. The summed E-state index contributed by atoms with van der Waals surface area (Å²) in [7, 11) is -3.28. The second-order valence-corrected chi connectivity index (χ2v) is 5.85. The standard InChI is InChI=1S/C9H21N3O2S/c10-15(13,14)7-1-4-12-8-9-2-5-11-6-3-9/h9,11-12H,1-8H2,(H2,10,13,14). The Hall–Kier alpha value is -0.170. The molecule has 0 saturated carbocycles. The Morgan fingerprint density at radius 2 is 2.00 bits per heavy atom. The molecule has 1 fully saturated rings. The lowest BCUT2D eigenvalue weighted by atomic mass is 9.98. The van der Waals surface area contributed by atoms with Crippen molar-refractivity contribution in [2.24, 2.45) is 11.1 Å². The van der Waals surface area contributed by atoms with Gasteiger partial charge in [-0.15, -0.1) is 0 Å². The van der Waals surface area contributed by atoms with E-state index in [-0.39, 0.29) is 5.75 Å². The van der Waals surface area contributed by atoms with E-state index in [4.69, 9.17) is 5.14 Å². The maximum atomic E-state index is 10.6. The van der Waals surface area contributed by atoms with Crippen molar-refractivity contribution in [1.29, 1.82) is 0 Å². The van der Waals surface area contributed by atoms with E-state index < -0.39 is 10.0 Å². The van der Waals surface area contributed by atoms with E-state index in [9.17, 15) is 8.42 Å². The molecule has 90 valence electrons. The highest BCUT2D eigenvalue weighted by Crippen LogP contribution is 2.09. The van der Waals surface area contributed by atoms with Crippen LogP contribution in [0.25, 0.3) is 0 Å². The summed E-state index contributed by atoms with van der Waals surface area (Å²) in [6.45, 7) is 3.93. The minimum absolute atomic E-state index is 0.0756. The van der Waals surface area contributed by atoms with Crippen LogP contribution in [0.1, 0.15) is 19.3 Å².